The smallest absolute Gasteiger partial charge is 0.126 e. The van der Waals surface area contributed by atoms with Gasteiger partial charge in [0.25, 0.3) is 0 Å². The Morgan fingerprint density at radius 2 is 2.12 bits per heavy atom. The summed E-state index contributed by atoms with van der Waals surface area (Å²) in [6.45, 7) is 1.99. The van der Waals surface area contributed by atoms with Gasteiger partial charge >= 0.3 is 0 Å². The van der Waals surface area contributed by atoms with E-state index >= 15 is 0 Å². The van der Waals surface area contributed by atoms with E-state index in [0.717, 1.165) is 22.9 Å². The molecular weight excluding hydrogens is 287 g/mol. The Kier molecular flexibility index (Phi) is 6.52. The highest BCUT2D eigenvalue weighted by molar-refractivity contribution is 9.10. The summed E-state index contributed by atoms with van der Waals surface area (Å²) < 4.78 is 18.4. The number of hydrogen-bond donors (Lipinski definition) is 1. The van der Waals surface area contributed by atoms with E-state index in [1.54, 1.807) is 6.92 Å². The van der Waals surface area contributed by atoms with Crippen molar-refractivity contribution < 1.29 is 14.2 Å². The molecule has 17 heavy (non-hydrogen) atoms. The van der Waals surface area contributed by atoms with Crippen molar-refractivity contribution in [2.45, 2.75) is 32.3 Å². The fourth-order valence-corrected chi connectivity index (χ4v) is 1.87. The molecule has 0 bridgehead atoms. The Bertz CT molecular complexity index is 342. The molecule has 0 aliphatic rings. The molecule has 0 aliphatic heterocycles. The Morgan fingerprint density at radius 1 is 1.35 bits per heavy atom. The molecule has 1 aromatic rings. The number of halogens is 2. The lowest BCUT2D eigenvalue weighted by atomic mass is 10.1. The lowest BCUT2D eigenvalue weighted by molar-refractivity contribution is 0.190. The van der Waals surface area contributed by atoms with Gasteiger partial charge in [-0.15, -0.1) is 0 Å². The molecule has 0 saturated carbocycles. The van der Waals surface area contributed by atoms with E-state index in [0.29, 0.717) is 18.8 Å². The maximum absolute atomic E-state index is 11.9. The lowest BCUT2D eigenvalue weighted by Crippen LogP contribution is -2.02. The average Bonchev–Trinajstić information content (AvgIpc) is 2.28. The van der Waals surface area contributed by atoms with Crippen molar-refractivity contribution in [3.8, 4) is 5.75 Å². The summed E-state index contributed by atoms with van der Waals surface area (Å²) in [4.78, 5) is 0. The Balaban J connectivity index is 2.53. The number of aliphatic hydroxyl groups is 1. The van der Waals surface area contributed by atoms with E-state index in [-0.39, 0.29) is 6.67 Å². The first-order chi connectivity index (χ1) is 8.15. The van der Waals surface area contributed by atoms with E-state index in [1.165, 1.54) is 0 Å². The highest BCUT2D eigenvalue weighted by Crippen LogP contribution is 2.28. The highest BCUT2D eigenvalue weighted by Gasteiger charge is 2.09. The summed E-state index contributed by atoms with van der Waals surface area (Å²) >= 11 is 3.37. The minimum atomic E-state index is -0.552. The molecule has 0 unspecified atom stereocenters. The molecule has 0 fully saturated rings. The molecule has 0 aromatic heterocycles. The summed E-state index contributed by atoms with van der Waals surface area (Å²) in [5, 5.41) is 9.59. The number of aliphatic hydroxyl groups excluding tert-OH is 1. The third-order valence-corrected chi connectivity index (χ3v) is 2.95. The SMILES string of the molecule is C[C@@H](O)c1ccc(Br)cc1OCCCCCF. The van der Waals surface area contributed by atoms with Crippen LogP contribution in [0.5, 0.6) is 5.75 Å². The van der Waals surface area contributed by atoms with Crippen LogP contribution in [0.4, 0.5) is 4.39 Å². The standard InChI is InChI=1S/C13H18BrFO2/c1-10(16)12-6-5-11(14)9-13(12)17-8-4-2-3-7-15/h5-6,9-10,16H,2-4,7-8H2,1H3/t10-/m1/s1. The first-order valence-electron chi connectivity index (χ1n) is 5.81. The van der Waals surface area contributed by atoms with Gasteiger partial charge in [0.05, 0.1) is 19.4 Å². The van der Waals surface area contributed by atoms with Crippen LogP contribution >= 0.6 is 15.9 Å². The van der Waals surface area contributed by atoms with Crippen LogP contribution in [0.3, 0.4) is 0 Å². The van der Waals surface area contributed by atoms with Gasteiger partial charge in [-0.25, -0.2) is 0 Å². The fraction of sp³-hybridized carbons (Fsp3) is 0.538. The van der Waals surface area contributed by atoms with Crippen LogP contribution in [0.1, 0.15) is 37.9 Å². The van der Waals surface area contributed by atoms with Crippen molar-refractivity contribution in [2.75, 3.05) is 13.3 Å². The first-order valence-corrected chi connectivity index (χ1v) is 6.60. The second-order valence-electron chi connectivity index (χ2n) is 3.96. The van der Waals surface area contributed by atoms with Crippen LogP contribution in [0.25, 0.3) is 0 Å². The zero-order chi connectivity index (χ0) is 12.7. The quantitative estimate of drug-likeness (QED) is 0.771. The topological polar surface area (TPSA) is 29.5 Å². The van der Waals surface area contributed by atoms with Crippen LogP contribution in [-0.2, 0) is 0 Å². The van der Waals surface area contributed by atoms with Gasteiger partial charge < -0.3 is 9.84 Å². The molecule has 1 N–H and O–H groups in total. The van der Waals surface area contributed by atoms with Gasteiger partial charge in [0, 0.05) is 10.0 Å². The van der Waals surface area contributed by atoms with Crippen LogP contribution in [-0.4, -0.2) is 18.4 Å². The largest absolute Gasteiger partial charge is 0.493 e. The van der Waals surface area contributed by atoms with Crippen LogP contribution in [0, 0.1) is 0 Å². The van der Waals surface area contributed by atoms with E-state index < -0.39 is 6.10 Å². The minimum Gasteiger partial charge on any atom is -0.493 e. The Labute approximate surface area is 110 Å². The molecule has 0 amide bonds. The van der Waals surface area contributed by atoms with E-state index in [9.17, 15) is 9.50 Å². The van der Waals surface area contributed by atoms with Gasteiger partial charge in [-0.05, 0) is 38.3 Å². The van der Waals surface area contributed by atoms with Gasteiger partial charge in [-0.3, -0.25) is 4.39 Å². The van der Waals surface area contributed by atoms with Crippen molar-refractivity contribution in [1.29, 1.82) is 0 Å². The molecule has 1 atom stereocenters. The maximum atomic E-state index is 11.9. The van der Waals surface area contributed by atoms with E-state index in [1.807, 2.05) is 18.2 Å². The number of alkyl halides is 1. The third-order valence-electron chi connectivity index (χ3n) is 2.46. The van der Waals surface area contributed by atoms with Gasteiger partial charge in [-0.2, -0.15) is 0 Å². The van der Waals surface area contributed by atoms with Crippen LogP contribution in [0.15, 0.2) is 22.7 Å². The minimum absolute atomic E-state index is 0.268. The molecular formula is C13H18BrFO2. The zero-order valence-electron chi connectivity index (χ0n) is 9.96. The van der Waals surface area contributed by atoms with E-state index in [4.69, 9.17) is 4.74 Å². The van der Waals surface area contributed by atoms with Crippen LogP contribution in [0.2, 0.25) is 0 Å². The Hall–Kier alpha value is -0.610. The van der Waals surface area contributed by atoms with E-state index in [2.05, 4.69) is 15.9 Å². The molecule has 0 aliphatic carbocycles. The average molecular weight is 305 g/mol. The monoisotopic (exact) mass is 304 g/mol. The number of rotatable bonds is 7. The van der Waals surface area contributed by atoms with Crippen LogP contribution < -0.4 is 4.74 Å². The highest BCUT2D eigenvalue weighted by atomic mass is 79.9. The number of benzene rings is 1. The molecule has 0 radical (unpaired) electrons. The Morgan fingerprint density at radius 3 is 2.76 bits per heavy atom. The molecule has 96 valence electrons. The van der Waals surface area contributed by atoms with Crippen molar-refractivity contribution >= 4 is 15.9 Å². The third kappa shape index (κ3) is 5.04. The van der Waals surface area contributed by atoms with Crippen molar-refractivity contribution in [2.24, 2.45) is 0 Å². The van der Waals surface area contributed by atoms with Crippen molar-refractivity contribution in [3.63, 3.8) is 0 Å². The normalized spacial score (nSPS) is 12.5. The van der Waals surface area contributed by atoms with Gasteiger partial charge in [0.15, 0.2) is 0 Å². The molecule has 1 rings (SSSR count). The summed E-state index contributed by atoms with van der Waals surface area (Å²) in [6.07, 6.45) is 1.69. The molecule has 0 saturated heterocycles. The predicted octanol–water partition coefficient (Wildman–Crippen LogP) is 4.02. The lowest BCUT2D eigenvalue weighted by Gasteiger charge is -2.13. The number of hydrogen-bond acceptors (Lipinski definition) is 2. The van der Waals surface area contributed by atoms with Gasteiger partial charge in [0.2, 0.25) is 0 Å². The van der Waals surface area contributed by atoms with Gasteiger partial charge in [-0.1, -0.05) is 22.0 Å². The van der Waals surface area contributed by atoms with Crippen molar-refractivity contribution in [1.82, 2.24) is 0 Å². The number of ether oxygens (including phenoxy) is 1. The molecule has 0 spiro atoms. The molecule has 4 heteroatoms. The summed E-state index contributed by atoms with van der Waals surface area (Å²) in [5.74, 6) is 0.689. The van der Waals surface area contributed by atoms with Gasteiger partial charge in [0.1, 0.15) is 5.75 Å². The second kappa shape index (κ2) is 7.67. The fourth-order valence-electron chi connectivity index (χ4n) is 1.53. The zero-order valence-corrected chi connectivity index (χ0v) is 11.5. The van der Waals surface area contributed by atoms with Crippen molar-refractivity contribution in [3.05, 3.63) is 28.2 Å². The number of unbranched alkanes of at least 4 members (excludes halogenated alkanes) is 2. The first kappa shape index (κ1) is 14.5. The predicted molar refractivity (Wildman–Crippen MR) is 70.1 cm³/mol. The molecule has 2 nitrogen and oxygen atoms in total. The summed E-state index contributed by atoms with van der Waals surface area (Å²) in [5.41, 5.74) is 0.777. The maximum Gasteiger partial charge on any atom is 0.126 e. The molecule has 0 heterocycles. The summed E-state index contributed by atoms with van der Waals surface area (Å²) in [6, 6.07) is 5.56. The summed E-state index contributed by atoms with van der Waals surface area (Å²) in [7, 11) is 0. The second-order valence-corrected chi connectivity index (χ2v) is 4.87. The molecule has 1 aromatic carbocycles.